The number of aliphatic carboxylic acids is 1. The molecule has 0 saturated heterocycles. The van der Waals surface area contributed by atoms with Gasteiger partial charge in [-0.25, -0.2) is 0 Å². The number of hydrogen-bond donors (Lipinski definition) is 4. The smallest absolute Gasteiger partial charge is 0.320 e. The molecule has 0 aliphatic carbocycles. The van der Waals surface area contributed by atoms with Gasteiger partial charge in [-0.2, -0.15) is 0 Å². The minimum absolute atomic E-state index is 0.249. The zero-order chi connectivity index (χ0) is 17.3. The van der Waals surface area contributed by atoms with Gasteiger partial charge < -0.3 is 21.6 Å². The van der Waals surface area contributed by atoms with Gasteiger partial charge in [-0.3, -0.25) is 9.59 Å². The van der Waals surface area contributed by atoms with Crippen LogP contribution in [0.25, 0.3) is 22.0 Å². The average molecular weight is 323 g/mol. The molecule has 0 aliphatic heterocycles. The second-order valence-corrected chi connectivity index (χ2v) is 5.63. The number of benzene rings is 2. The molecule has 0 fully saturated rings. The largest absolute Gasteiger partial charge is 0.480 e. The molecule has 0 bridgehead atoms. The van der Waals surface area contributed by atoms with E-state index < -0.39 is 17.9 Å². The van der Waals surface area contributed by atoms with Crippen molar-refractivity contribution in [2.45, 2.75) is 12.5 Å². The van der Waals surface area contributed by atoms with Crippen LogP contribution in [0, 0.1) is 0 Å². The van der Waals surface area contributed by atoms with E-state index in [4.69, 9.17) is 16.6 Å². The lowest BCUT2D eigenvalue weighted by molar-refractivity contribution is -0.138. The summed E-state index contributed by atoms with van der Waals surface area (Å²) in [5.41, 5.74) is 15.0. The minimum atomic E-state index is -1.03. The summed E-state index contributed by atoms with van der Waals surface area (Å²) < 4.78 is 0. The molecule has 2 aromatic carbocycles. The molecule has 6 heteroatoms. The maximum Gasteiger partial charge on any atom is 0.320 e. The summed E-state index contributed by atoms with van der Waals surface area (Å²) in [4.78, 5) is 25.3. The van der Waals surface area contributed by atoms with Crippen LogP contribution < -0.4 is 11.5 Å². The molecule has 1 atom stereocenters. The van der Waals surface area contributed by atoms with Gasteiger partial charge in [0.1, 0.15) is 6.04 Å². The van der Waals surface area contributed by atoms with Crippen LogP contribution >= 0.6 is 0 Å². The number of fused-ring (bicyclic) bond motifs is 1. The molecule has 6 N–H and O–H groups in total. The molecular weight excluding hydrogens is 306 g/mol. The van der Waals surface area contributed by atoms with E-state index in [0.717, 1.165) is 27.6 Å². The Morgan fingerprint density at radius 2 is 1.83 bits per heavy atom. The van der Waals surface area contributed by atoms with Crippen LogP contribution in [0.2, 0.25) is 0 Å². The van der Waals surface area contributed by atoms with Crippen LogP contribution in [0.3, 0.4) is 0 Å². The van der Waals surface area contributed by atoms with Crippen molar-refractivity contribution in [2.24, 2.45) is 11.5 Å². The monoisotopic (exact) mass is 323 g/mol. The molecule has 0 spiro atoms. The molecule has 122 valence electrons. The van der Waals surface area contributed by atoms with Crippen molar-refractivity contribution in [3.05, 3.63) is 59.8 Å². The molecule has 1 heterocycles. The molecular formula is C18H17N3O3. The van der Waals surface area contributed by atoms with Crippen molar-refractivity contribution in [3.8, 4) is 11.1 Å². The number of aromatic nitrogens is 1. The summed E-state index contributed by atoms with van der Waals surface area (Å²) in [5.74, 6) is -1.49. The second kappa shape index (κ2) is 6.17. The van der Waals surface area contributed by atoms with E-state index in [1.807, 2.05) is 30.3 Å². The molecule has 0 radical (unpaired) electrons. The van der Waals surface area contributed by atoms with Gasteiger partial charge in [0.25, 0.3) is 0 Å². The molecule has 3 rings (SSSR count). The van der Waals surface area contributed by atoms with E-state index in [1.54, 1.807) is 18.3 Å². The van der Waals surface area contributed by atoms with Crippen LogP contribution in [-0.2, 0) is 11.2 Å². The average Bonchev–Trinajstić information content (AvgIpc) is 2.98. The number of carbonyl (C=O) groups is 2. The van der Waals surface area contributed by atoms with Crippen LogP contribution in [-0.4, -0.2) is 28.0 Å². The number of nitrogens with two attached hydrogens (primary N) is 2. The number of hydrogen-bond acceptors (Lipinski definition) is 3. The molecule has 1 aromatic heterocycles. The summed E-state index contributed by atoms with van der Waals surface area (Å²) >= 11 is 0. The number of H-pyrrole nitrogens is 1. The second-order valence-electron chi connectivity index (χ2n) is 5.63. The quantitative estimate of drug-likeness (QED) is 0.572. The highest BCUT2D eigenvalue weighted by Crippen LogP contribution is 2.30. The van der Waals surface area contributed by atoms with Crippen LogP contribution in [0.5, 0.6) is 0 Å². The van der Waals surface area contributed by atoms with Crippen molar-refractivity contribution in [1.82, 2.24) is 4.98 Å². The van der Waals surface area contributed by atoms with Crippen LogP contribution in [0.15, 0.2) is 48.7 Å². The van der Waals surface area contributed by atoms with E-state index >= 15 is 0 Å². The third-order valence-corrected chi connectivity index (χ3v) is 4.04. The number of carboxylic acid groups (broad SMARTS) is 1. The highest BCUT2D eigenvalue weighted by Gasteiger charge is 2.16. The van der Waals surface area contributed by atoms with Crippen molar-refractivity contribution >= 4 is 22.8 Å². The van der Waals surface area contributed by atoms with Crippen LogP contribution in [0.1, 0.15) is 15.9 Å². The van der Waals surface area contributed by atoms with Gasteiger partial charge in [0.15, 0.2) is 0 Å². The number of para-hydroxylation sites is 1. The summed E-state index contributed by atoms with van der Waals surface area (Å²) in [6, 6.07) is 11.9. The Labute approximate surface area is 138 Å². The maximum atomic E-state index is 11.2. The Morgan fingerprint density at radius 1 is 1.12 bits per heavy atom. The van der Waals surface area contributed by atoms with Gasteiger partial charge in [0.2, 0.25) is 5.91 Å². The zero-order valence-electron chi connectivity index (χ0n) is 12.8. The summed E-state index contributed by atoms with van der Waals surface area (Å²) in [7, 11) is 0. The number of aromatic amines is 1. The molecule has 0 aliphatic rings. The molecule has 1 unspecified atom stereocenters. The first-order valence-electron chi connectivity index (χ1n) is 7.45. The highest BCUT2D eigenvalue weighted by atomic mass is 16.4. The van der Waals surface area contributed by atoms with Crippen molar-refractivity contribution in [2.75, 3.05) is 0 Å². The molecule has 1 amide bonds. The van der Waals surface area contributed by atoms with Gasteiger partial charge in [0, 0.05) is 29.1 Å². The number of amides is 1. The van der Waals surface area contributed by atoms with E-state index in [9.17, 15) is 9.59 Å². The standard InChI is InChI=1S/C18H17N3O3/c19-15(18(23)24)8-12-9-21-16-13(2-1-3-14(12)16)10-4-6-11(7-5-10)17(20)22/h1-7,9,15,21H,8,19H2,(H2,20,22)(H,23,24). The first-order chi connectivity index (χ1) is 11.5. The molecule has 0 saturated carbocycles. The highest BCUT2D eigenvalue weighted by molar-refractivity contribution is 5.97. The summed E-state index contributed by atoms with van der Waals surface area (Å²) in [6.07, 6.45) is 2.04. The van der Waals surface area contributed by atoms with E-state index in [2.05, 4.69) is 4.98 Å². The van der Waals surface area contributed by atoms with E-state index in [0.29, 0.717) is 5.56 Å². The number of primary amides is 1. The fourth-order valence-corrected chi connectivity index (χ4v) is 2.76. The fraction of sp³-hybridized carbons (Fsp3) is 0.111. The van der Waals surface area contributed by atoms with Crippen molar-refractivity contribution < 1.29 is 14.7 Å². The van der Waals surface area contributed by atoms with Gasteiger partial charge in [-0.1, -0.05) is 30.3 Å². The third kappa shape index (κ3) is 2.87. The topological polar surface area (TPSA) is 122 Å². The van der Waals surface area contributed by atoms with Gasteiger partial charge in [0.05, 0.1) is 5.52 Å². The Hall–Kier alpha value is -3.12. The maximum absolute atomic E-state index is 11.2. The predicted octanol–water partition coefficient (Wildman–Crippen LogP) is 1.89. The summed E-state index contributed by atoms with van der Waals surface area (Å²) in [5, 5.41) is 9.92. The number of rotatable bonds is 5. The first kappa shape index (κ1) is 15.8. The lowest BCUT2D eigenvalue weighted by atomic mass is 9.99. The first-order valence-corrected chi connectivity index (χ1v) is 7.45. The van der Waals surface area contributed by atoms with Gasteiger partial charge in [-0.15, -0.1) is 0 Å². The zero-order valence-corrected chi connectivity index (χ0v) is 12.8. The van der Waals surface area contributed by atoms with E-state index in [1.165, 1.54) is 0 Å². The van der Waals surface area contributed by atoms with Gasteiger partial charge >= 0.3 is 5.97 Å². The Morgan fingerprint density at radius 3 is 2.46 bits per heavy atom. The van der Waals surface area contributed by atoms with Crippen LogP contribution in [0.4, 0.5) is 0 Å². The Bertz CT molecular complexity index is 913. The Balaban J connectivity index is 2.02. The van der Waals surface area contributed by atoms with E-state index in [-0.39, 0.29) is 6.42 Å². The lowest BCUT2D eigenvalue weighted by Crippen LogP contribution is -2.32. The SMILES string of the molecule is NC(=O)c1ccc(-c2cccc3c(CC(N)C(=O)O)c[nH]c23)cc1. The normalized spacial score (nSPS) is 12.2. The number of nitrogens with one attached hydrogen (secondary N) is 1. The van der Waals surface area contributed by atoms with Gasteiger partial charge in [-0.05, 0) is 23.3 Å². The predicted molar refractivity (Wildman–Crippen MR) is 91.6 cm³/mol. The third-order valence-electron chi connectivity index (χ3n) is 4.04. The molecule has 6 nitrogen and oxygen atoms in total. The van der Waals surface area contributed by atoms with Crippen molar-refractivity contribution in [1.29, 1.82) is 0 Å². The molecule has 24 heavy (non-hydrogen) atoms. The Kier molecular flexibility index (Phi) is 4.05. The number of carboxylic acids is 1. The fourth-order valence-electron chi connectivity index (χ4n) is 2.76. The number of carbonyl (C=O) groups excluding carboxylic acids is 1. The molecule has 3 aromatic rings. The van der Waals surface area contributed by atoms with Crippen molar-refractivity contribution in [3.63, 3.8) is 0 Å². The minimum Gasteiger partial charge on any atom is -0.480 e. The lowest BCUT2D eigenvalue weighted by Gasteiger charge is -2.07. The summed E-state index contributed by atoms with van der Waals surface area (Å²) in [6.45, 7) is 0.